The minimum absolute atomic E-state index is 0.00749. The number of aryl methyl sites for hydroxylation is 1. The summed E-state index contributed by atoms with van der Waals surface area (Å²) in [6.07, 6.45) is 0. The average molecular weight is 319 g/mol. The minimum Gasteiger partial charge on any atom is -0.354 e. The van der Waals surface area contributed by atoms with Crippen molar-refractivity contribution < 1.29 is 4.79 Å². The van der Waals surface area contributed by atoms with Crippen LogP contribution in [0, 0.1) is 6.92 Å². The first-order valence-corrected chi connectivity index (χ1v) is 6.79. The van der Waals surface area contributed by atoms with Gasteiger partial charge >= 0.3 is 0 Å². The summed E-state index contributed by atoms with van der Waals surface area (Å²) < 4.78 is 1.05. The van der Waals surface area contributed by atoms with Crippen LogP contribution in [0.4, 0.5) is 0 Å². The summed E-state index contributed by atoms with van der Waals surface area (Å²) in [7, 11) is 0. The first-order valence-electron chi connectivity index (χ1n) is 5.46. The van der Waals surface area contributed by atoms with Gasteiger partial charge < -0.3 is 5.32 Å². The summed E-state index contributed by atoms with van der Waals surface area (Å²) in [5, 5.41) is 2.83. The highest BCUT2D eigenvalue weighted by Gasteiger charge is 2.23. The molecule has 1 N–H and O–H groups in total. The maximum Gasteiger partial charge on any atom is 0.234 e. The third kappa shape index (κ3) is 4.00. The highest BCUT2D eigenvalue weighted by molar-refractivity contribution is 9.10. The molecule has 0 heterocycles. The third-order valence-electron chi connectivity index (χ3n) is 2.78. The van der Waals surface area contributed by atoms with Crippen LogP contribution in [0.1, 0.15) is 25.0 Å². The fourth-order valence-electron chi connectivity index (χ4n) is 1.79. The van der Waals surface area contributed by atoms with Crippen molar-refractivity contribution in [2.24, 2.45) is 0 Å². The van der Waals surface area contributed by atoms with Gasteiger partial charge in [0.05, 0.1) is 0 Å². The zero-order valence-corrected chi connectivity index (χ0v) is 12.7. The maximum absolute atomic E-state index is 11.2. The summed E-state index contributed by atoms with van der Waals surface area (Å²) in [6, 6.07) is 6.19. The molecule has 4 heteroatoms. The number of alkyl halides is 1. The highest BCUT2D eigenvalue weighted by atomic mass is 79.9. The molecule has 0 unspecified atom stereocenters. The van der Waals surface area contributed by atoms with Crippen molar-refractivity contribution in [2.45, 2.75) is 26.2 Å². The molecular formula is C13H17BrClNO. The second-order valence-electron chi connectivity index (χ2n) is 4.75. The quantitative estimate of drug-likeness (QED) is 0.847. The number of amides is 1. The lowest BCUT2D eigenvalue weighted by atomic mass is 9.82. The van der Waals surface area contributed by atoms with E-state index in [-0.39, 0.29) is 17.2 Å². The van der Waals surface area contributed by atoms with E-state index >= 15 is 0 Å². The lowest BCUT2D eigenvalue weighted by Gasteiger charge is -2.27. The number of benzene rings is 1. The van der Waals surface area contributed by atoms with Gasteiger partial charge in [0.25, 0.3) is 0 Å². The second kappa shape index (κ2) is 5.87. The van der Waals surface area contributed by atoms with Crippen molar-refractivity contribution in [3.05, 3.63) is 33.8 Å². The van der Waals surface area contributed by atoms with E-state index in [1.54, 1.807) is 0 Å². The van der Waals surface area contributed by atoms with Gasteiger partial charge in [-0.1, -0.05) is 35.8 Å². The Bertz CT molecular complexity index is 418. The Kier molecular flexibility index (Phi) is 5.02. The van der Waals surface area contributed by atoms with Gasteiger partial charge in [0.15, 0.2) is 0 Å². The molecule has 1 aromatic carbocycles. The molecule has 2 nitrogen and oxygen atoms in total. The van der Waals surface area contributed by atoms with E-state index in [4.69, 9.17) is 11.6 Å². The molecule has 0 bridgehead atoms. The molecule has 1 amide bonds. The normalized spacial score (nSPS) is 11.4. The van der Waals surface area contributed by atoms with Crippen LogP contribution >= 0.6 is 27.5 Å². The molecule has 0 aliphatic rings. The lowest BCUT2D eigenvalue weighted by Crippen LogP contribution is -2.37. The van der Waals surface area contributed by atoms with Gasteiger partial charge in [-0.3, -0.25) is 4.79 Å². The zero-order chi connectivity index (χ0) is 13.1. The minimum atomic E-state index is -0.132. The van der Waals surface area contributed by atoms with E-state index in [9.17, 15) is 4.79 Å². The molecule has 0 aliphatic heterocycles. The van der Waals surface area contributed by atoms with Gasteiger partial charge in [0.2, 0.25) is 5.91 Å². The molecule has 0 saturated heterocycles. The Balaban J connectivity index is 2.88. The van der Waals surface area contributed by atoms with Crippen molar-refractivity contribution in [1.29, 1.82) is 0 Å². The van der Waals surface area contributed by atoms with E-state index in [1.807, 2.05) is 6.07 Å². The topological polar surface area (TPSA) is 29.1 Å². The lowest BCUT2D eigenvalue weighted by molar-refractivity contribution is -0.118. The Morgan fingerprint density at radius 2 is 2.12 bits per heavy atom. The SMILES string of the molecule is Cc1ccc(Br)cc1C(C)(C)CNC(=O)CCl. The van der Waals surface area contributed by atoms with Crippen molar-refractivity contribution in [3.63, 3.8) is 0 Å². The van der Waals surface area contributed by atoms with Crippen LogP contribution in [0.3, 0.4) is 0 Å². The van der Waals surface area contributed by atoms with E-state index in [2.05, 4.69) is 54.2 Å². The number of nitrogens with one attached hydrogen (secondary N) is 1. The Hall–Kier alpha value is -0.540. The van der Waals surface area contributed by atoms with Crippen LogP contribution in [0.25, 0.3) is 0 Å². The van der Waals surface area contributed by atoms with Gasteiger partial charge in [0, 0.05) is 16.4 Å². The third-order valence-corrected chi connectivity index (χ3v) is 3.51. The van der Waals surface area contributed by atoms with Crippen molar-refractivity contribution in [3.8, 4) is 0 Å². The number of hydrogen-bond acceptors (Lipinski definition) is 1. The molecular weight excluding hydrogens is 302 g/mol. The average Bonchev–Trinajstić information content (AvgIpc) is 2.29. The first kappa shape index (κ1) is 14.5. The molecule has 0 saturated carbocycles. The molecule has 94 valence electrons. The molecule has 0 fully saturated rings. The predicted molar refractivity (Wildman–Crippen MR) is 75.6 cm³/mol. The molecule has 1 aromatic rings. The van der Waals surface area contributed by atoms with Crippen LogP contribution in [0.5, 0.6) is 0 Å². The van der Waals surface area contributed by atoms with E-state index < -0.39 is 0 Å². The molecule has 17 heavy (non-hydrogen) atoms. The number of rotatable bonds is 4. The van der Waals surface area contributed by atoms with E-state index in [0.29, 0.717) is 6.54 Å². The molecule has 0 atom stereocenters. The van der Waals surface area contributed by atoms with Gasteiger partial charge in [0.1, 0.15) is 5.88 Å². The van der Waals surface area contributed by atoms with Crippen molar-refractivity contribution >= 4 is 33.4 Å². The van der Waals surface area contributed by atoms with Gasteiger partial charge in [-0.2, -0.15) is 0 Å². The molecule has 0 aromatic heterocycles. The summed E-state index contributed by atoms with van der Waals surface area (Å²) in [6.45, 7) is 6.87. The number of carbonyl (C=O) groups excluding carboxylic acids is 1. The monoisotopic (exact) mass is 317 g/mol. The zero-order valence-electron chi connectivity index (χ0n) is 10.3. The summed E-state index contributed by atoms with van der Waals surface area (Å²) in [5.41, 5.74) is 2.33. The fourth-order valence-corrected chi connectivity index (χ4v) is 2.24. The van der Waals surface area contributed by atoms with Crippen molar-refractivity contribution in [2.75, 3.05) is 12.4 Å². The summed E-state index contributed by atoms with van der Waals surface area (Å²) in [5.74, 6) is -0.125. The Morgan fingerprint density at radius 3 is 2.71 bits per heavy atom. The van der Waals surface area contributed by atoms with Crippen LogP contribution < -0.4 is 5.32 Å². The second-order valence-corrected chi connectivity index (χ2v) is 5.94. The van der Waals surface area contributed by atoms with Gasteiger partial charge in [-0.15, -0.1) is 11.6 Å². The van der Waals surface area contributed by atoms with Crippen molar-refractivity contribution in [1.82, 2.24) is 5.32 Å². The number of carbonyl (C=O) groups is 1. The summed E-state index contributed by atoms with van der Waals surface area (Å²) in [4.78, 5) is 11.2. The van der Waals surface area contributed by atoms with Gasteiger partial charge in [-0.25, -0.2) is 0 Å². The van der Waals surface area contributed by atoms with Crippen LogP contribution in [0.2, 0.25) is 0 Å². The molecule has 0 aliphatic carbocycles. The highest BCUT2D eigenvalue weighted by Crippen LogP contribution is 2.28. The largest absolute Gasteiger partial charge is 0.354 e. The van der Waals surface area contributed by atoms with Crippen LogP contribution in [0.15, 0.2) is 22.7 Å². The standard InChI is InChI=1S/C13H17BrClNO/c1-9-4-5-10(14)6-11(9)13(2,3)8-16-12(17)7-15/h4-6H,7-8H2,1-3H3,(H,16,17). The molecule has 1 rings (SSSR count). The predicted octanol–water partition coefficient (Wildman–Crippen LogP) is 3.39. The Morgan fingerprint density at radius 1 is 1.47 bits per heavy atom. The smallest absolute Gasteiger partial charge is 0.234 e. The Labute approximate surface area is 116 Å². The molecule has 0 spiro atoms. The number of halogens is 2. The van der Waals surface area contributed by atoms with Gasteiger partial charge in [-0.05, 0) is 30.2 Å². The maximum atomic E-state index is 11.2. The summed E-state index contributed by atoms with van der Waals surface area (Å²) >= 11 is 8.94. The van der Waals surface area contributed by atoms with E-state index in [1.165, 1.54) is 11.1 Å². The molecule has 0 radical (unpaired) electrons. The van der Waals surface area contributed by atoms with E-state index in [0.717, 1.165) is 4.47 Å². The van der Waals surface area contributed by atoms with Crippen LogP contribution in [-0.4, -0.2) is 18.3 Å². The number of hydrogen-bond donors (Lipinski definition) is 1. The van der Waals surface area contributed by atoms with Crippen LogP contribution in [-0.2, 0) is 10.2 Å². The first-order chi connectivity index (χ1) is 7.86. The fraction of sp³-hybridized carbons (Fsp3) is 0.462.